The highest BCUT2D eigenvalue weighted by Crippen LogP contribution is 2.24. The highest BCUT2D eigenvalue weighted by atomic mass is 14.9. The van der Waals surface area contributed by atoms with Gasteiger partial charge in [-0.05, 0) is 24.5 Å². The van der Waals surface area contributed by atoms with Crippen LogP contribution in [-0.4, -0.2) is 6.54 Å². The molecule has 1 aromatic rings. The van der Waals surface area contributed by atoms with E-state index in [-0.39, 0.29) is 0 Å². The second-order valence-corrected chi connectivity index (χ2v) is 2.79. The van der Waals surface area contributed by atoms with E-state index in [9.17, 15) is 0 Å². The molecule has 0 fully saturated rings. The zero-order valence-electron chi connectivity index (χ0n) is 6.15. The molecule has 0 unspecified atom stereocenters. The van der Waals surface area contributed by atoms with Crippen LogP contribution in [-0.2, 0) is 6.42 Å². The molecule has 1 aliphatic rings. The first kappa shape index (κ1) is 5.78. The van der Waals surface area contributed by atoms with Gasteiger partial charge in [-0.15, -0.1) is 0 Å². The molecular formula is C9H11N. The summed E-state index contributed by atoms with van der Waals surface area (Å²) in [5.74, 6) is 0. The van der Waals surface area contributed by atoms with Crippen LogP contribution >= 0.6 is 0 Å². The highest BCUT2D eigenvalue weighted by Gasteiger charge is 2.09. The van der Waals surface area contributed by atoms with Gasteiger partial charge in [-0.1, -0.05) is 18.2 Å². The largest absolute Gasteiger partial charge is 0.384 e. The van der Waals surface area contributed by atoms with Crippen molar-refractivity contribution < 1.29 is 0 Å². The molecule has 52 valence electrons. The Hall–Kier alpha value is -0.980. The van der Waals surface area contributed by atoms with Gasteiger partial charge in [0, 0.05) is 12.2 Å². The number of nitrogens with one attached hydrogen (secondary N) is 1. The summed E-state index contributed by atoms with van der Waals surface area (Å²) in [4.78, 5) is 0. The Morgan fingerprint density at radius 1 is 1.40 bits per heavy atom. The van der Waals surface area contributed by atoms with Crippen LogP contribution in [0.1, 0.15) is 11.1 Å². The third-order valence-corrected chi connectivity index (χ3v) is 2.06. The topological polar surface area (TPSA) is 12.0 Å². The first-order chi connectivity index (χ1) is 4.88. The van der Waals surface area contributed by atoms with Crippen molar-refractivity contribution in [2.75, 3.05) is 11.9 Å². The van der Waals surface area contributed by atoms with E-state index in [1.165, 1.54) is 23.2 Å². The Labute approximate surface area is 61.1 Å². The third kappa shape index (κ3) is 0.703. The lowest BCUT2D eigenvalue weighted by Crippen LogP contribution is -1.92. The molecular weight excluding hydrogens is 122 g/mol. The summed E-state index contributed by atoms with van der Waals surface area (Å²) in [6.45, 7) is 3.26. The summed E-state index contributed by atoms with van der Waals surface area (Å²) >= 11 is 0. The molecule has 0 bridgehead atoms. The van der Waals surface area contributed by atoms with Crippen molar-refractivity contribution in [2.24, 2.45) is 0 Å². The minimum Gasteiger partial charge on any atom is -0.384 e. The van der Waals surface area contributed by atoms with Crippen LogP contribution in [0.3, 0.4) is 0 Å². The SMILES string of the molecule is Cc1cccc2c1NCC2. The van der Waals surface area contributed by atoms with E-state index in [0.717, 1.165) is 6.54 Å². The third-order valence-electron chi connectivity index (χ3n) is 2.06. The monoisotopic (exact) mass is 133 g/mol. The maximum Gasteiger partial charge on any atom is 0.0403 e. The Morgan fingerprint density at radius 3 is 3.10 bits per heavy atom. The molecule has 10 heavy (non-hydrogen) atoms. The average molecular weight is 133 g/mol. The lowest BCUT2D eigenvalue weighted by Gasteiger charge is -2.01. The zero-order valence-corrected chi connectivity index (χ0v) is 6.15. The van der Waals surface area contributed by atoms with E-state index in [1.54, 1.807) is 0 Å². The molecule has 0 spiro atoms. The van der Waals surface area contributed by atoms with Crippen molar-refractivity contribution in [3.05, 3.63) is 29.3 Å². The minimum absolute atomic E-state index is 1.11. The van der Waals surface area contributed by atoms with E-state index in [1.807, 2.05) is 0 Å². The molecule has 0 aromatic heterocycles. The molecule has 1 N–H and O–H groups in total. The van der Waals surface area contributed by atoms with Gasteiger partial charge in [-0.2, -0.15) is 0 Å². The molecule has 1 heterocycles. The summed E-state index contributed by atoms with van der Waals surface area (Å²) in [5.41, 5.74) is 4.21. The number of rotatable bonds is 0. The van der Waals surface area contributed by atoms with Gasteiger partial charge in [-0.3, -0.25) is 0 Å². The van der Waals surface area contributed by atoms with E-state index < -0.39 is 0 Å². The Kier molecular flexibility index (Phi) is 1.16. The number of aryl methyl sites for hydroxylation is 1. The molecule has 0 saturated carbocycles. The number of para-hydroxylation sites is 1. The van der Waals surface area contributed by atoms with Gasteiger partial charge in [0.15, 0.2) is 0 Å². The predicted octanol–water partition coefficient (Wildman–Crippen LogP) is 1.96. The number of fused-ring (bicyclic) bond motifs is 1. The van der Waals surface area contributed by atoms with Crippen LogP contribution in [0.2, 0.25) is 0 Å². The molecule has 1 nitrogen and oxygen atoms in total. The van der Waals surface area contributed by atoms with Gasteiger partial charge in [0.05, 0.1) is 0 Å². The molecule has 0 amide bonds. The summed E-state index contributed by atoms with van der Waals surface area (Å²) < 4.78 is 0. The molecule has 1 heteroatoms. The molecule has 0 aliphatic carbocycles. The van der Waals surface area contributed by atoms with Crippen LogP contribution in [0, 0.1) is 6.92 Å². The smallest absolute Gasteiger partial charge is 0.0403 e. The molecule has 0 saturated heterocycles. The second kappa shape index (κ2) is 2.01. The van der Waals surface area contributed by atoms with Crippen molar-refractivity contribution in [1.82, 2.24) is 0 Å². The van der Waals surface area contributed by atoms with E-state index in [2.05, 4.69) is 30.4 Å². The molecule has 1 aromatic carbocycles. The predicted molar refractivity (Wildman–Crippen MR) is 43.4 cm³/mol. The maximum absolute atomic E-state index is 3.37. The Morgan fingerprint density at radius 2 is 2.30 bits per heavy atom. The number of hydrogen-bond donors (Lipinski definition) is 1. The fourth-order valence-electron chi connectivity index (χ4n) is 1.51. The quantitative estimate of drug-likeness (QED) is 0.570. The summed E-state index contributed by atoms with van der Waals surface area (Å²) in [6, 6.07) is 6.47. The van der Waals surface area contributed by atoms with E-state index >= 15 is 0 Å². The Bertz CT molecular complexity index is 253. The number of hydrogen-bond acceptors (Lipinski definition) is 1. The first-order valence-corrected chi connectivity index (χ1v) is 3.70. The second-order valence-electron chi connectivity index (χ2n) is 2.79. The standard InChI is InChI=1S/C9H11N/c1-7-3-2-4-8-5-6-10-9(7)8/h2-4,10H,5-6H2,1H3. The lowest BCUT2D eigenvalue weighted by molar-refractivity contribution is 1.11. The summed E-state index contributed by atoms with van der Waals surface area (Å²) in [7, 11) is 0. The lowest BCUT2D eigenvalue weighted by atomic mass is 10.1. The van der Waals surface area contributed by atoms with Crippen molar-refractivity contribution in [3.63, 3.8) is 0 Å². The van der Waals surface area contributed by atoms with Crippen molar-refractivity contribution in [2.45, 2.75) is 13.3 Å². The van der Waals surface area contributed by atoms with Gasteiger partial charge in [0.1, 0.15) is 0 Å². The van der Waals surface area contributed by atoms with Crippen LogP contribution < -0.4 is 5.32 Å². The summed E-state index contributed by atoms with van der Waals surface area (Å²) in [5, 5.41) is 3.37. The van der Waals surface area contributed by atoms with Crippen LogP contribution in [0.15, 0.2) is 18.2 Å². The number of benzene rings is 1. The van der Waals surface area contributed by atoms with Crippen molar-refractivity contribution >= 4 is 5.69 Å². The first-order valence-electron chi connectivity index (χ1n) is 3.70. The van der Waals surface area contributed by atoms with Gasteiger partial charge >= 0.3 is 0 Å². The van der Waals surface area contributed by atoms with Gasteiger partial charge in [0.2, 0.25) is 0 Å². The molecule has 0 atom stereocenters. The molecule has 2 rings (SSSR count). The maximum atomic E-state index is 3.37. The van der Waals surface area contributed by atoms with E-state index in [0.29, 0.717) is 0 Å². The highest BCUT2D eigenvalue weighted by molar-refractivity contribution is 5.60. The van der Waals surface area contributed by atoms with Gasteiger partial charge in [-0.25, -0.2) is 0 Å². The Balaban J connectivity index is 2.59. The average Bonchev–Trinajstić information content (AvgIpc) is 2.36. The zero-order chi connectivity index (χ0) is 6.97. The van der Waals surface area contributed by atoms with Crippen LogP contribution in [0.25, 0.3) is 0 Å². The molecule has 0 radical (unpaired) electrons. The van der Waals surface area contributed by atoms with Crippen LogP contribution in [0.4, 0.5) is 5.69 Å². The fraction of sp³-hybridized carbons (Fsp3) is 0.333. The molecule has 1 aliphatic heterocycles. The fourth-order valence-corrected chi connectivity index (χ4v) is 1.51. The summed E-state index contributed by atoms with van der Waals surface area (Å²) in [6.07, 6.45) is 1.19. The number of anilines is 1. The van der Waals surface area contributed by atoms with Crippen molar-refractivity contribution in [3.8, 4) is 0 Å². The van der Waals surface area contributed by atoms with Crippen molar-refractivity contribution in [1.29, 1.82) is 0 Å². The van der Waals surface area contributed by atoms with E-state index in [4.69, 9.17) is 0 Å². The van der Waals surface area contributed by atoms with Gasteiger partial charge in [0.25, 0.3) is 0 Å². The normalized spacial score (nSPS) is 14.5. The van der Waals surface area contributed by atoms with Crippen LogP contribution in [0.5, 0.6) is 0 Å². The van der Waals surface area contributed by atoms with Gasteiger partial charge < -0.3 is 5.32 Å². The minimum atomic E-state index is 1.11.